The molecular weight excluding hydrogens is 257 g/mol. The Bertz CT molecular complexity index is 589. The molecule has 106 valence electrons. The highest BCUT2D eigenvalue weighted by Crippen LogP contribution is 2.27. The van der Waals surface area contributed by atoms with Gasteiger partial charge in [-0.2, -0.15) is 0 Å². The first-order valence-corrected chi connectivity index (χ1v) is 6.44. The van der Waals surface area contributed by atoms with E-state index < -0.39 is 6.04 Å². The van der Waals surface area contributed by atoms with Gasteiger partial charge in [0.15, 0.2) is 0 Å². The summed E-state index contributed by atoms with van der Waals surface area (Å²) in [7, 11) is 1.50. The second-order valence-corrected chi connectivity index (χ2v) is 4.39. The fourth-order valence-corrected chi connectivity index (χ4v) is 2.19. The zero-order valence-electron chi connectivity index (χ0n) is 11.6. The maximum absolute atomic E-state index is 14.2. The molecule has 1 heterocycles. The molecule has 4 nitrogen and oxygen atoms in total. The van der Waals surface area contributed by atoms with Crippen LogP contribution in [0, 0.1) is 5.82 Å². The van der Waals surface area contributed by atoms with Crippen LogP contribution in [0.3, 0.4) is 0 Å². The third kappa shape index (κ3) is 2.79. The summed E-state index contributed by atoms with van der Waals surface area (Å²) in [6, 6.07) is 8.05. The summed E-state index contributed by atoms with van der Waals surface area (Å²) in [6.07, 6.45) is 2.49. The molecule has 0 aliphatic rings. The van der Waals surface area contributed by atoms with E-state index >= 15 is 0 Å². The second-order valence-electron chi connectivity index (χ2n) is 4.39. The van der Waals surface area contributed by atoms with Crippen LogP contribution < -0.4 is 16.0 Å². The van der Waals surface area contributed by atoms with Gasteiger partial charge >= 0.3 is 0 Å². The van der Waals surface area contributed by atoms with E-state index in [2.05, 4.69) is 10.4 Å². The number of methoxy groups -OCH3 is 1. The largest absolute Gasteiger partial charge is 0.497 e. The molecule has 3 N–H and O–H groups in total. The third-order valence-corrected chi connectivity index (χ3v) is 3.27. The van der Waals surface area contributed by atoms with Crippen LogP contribution in [0.5, 0.6) is 5.75 Å². The molecular formula is C15H18FN3O. The van der Waals surface area contributed by atoms with Crippen LogP contribution in [0.2, 0.25) is 0 Å². The summed E-state index contributed by atoms with van der Waals surface area (Å²) in [5.41, 5.74) is 4.86. The number of pyridine rings is 1. The number of benzene rings is 1. The second kappa shape index (κ2) is 6.45. The molecule has 0 aliphatic carbocycles. The zero-order chi connectivity index (χ0) is 14.5. The first-order valence-electron chi connectivity index (χ1n) is 6.44. The first kappa shape index (κ1) is 14.4. The summed E-state index contributed by atoms with van der Waals surface area (Å²) in [5, 5.41) is 0. The van der Waals surface area contributed by atoms with E-state index in [1.165, 1.54) is 13.2 Å². The summed E-state index contributed by atoms with van der Waals surface area (Å²) in [5.74, 6) is 5.71. The van der Waals surface area contributed by atoms with Crippen molar-refractivity contribution >= 4 is 0 Å². The minimum atomic E-state index is -0.489. The van der Waals surface area contributed by atoms with E-state index in [0.717, 1.165) is 17.7 Å². The van der Waals surface area contributed by atoms with Gasteiger partial charge in [0.05, 0.1) is 18.8 Å². The van der Waals surface area contributed by atoms with Crippen molar-refractivity contribution in [3.8, 4) is 5.75 Å². The summed E-state index contributed by atoms with van der Waals surface area (Å²) >= 11 is 0. The van der Waals surface area contributed by atoms with Crippen molar-refractivity contribution in [2.75, 3.05) is 7.11 Å². The van der Waals surface area contributed by atoms with Crippen LogP contribution in [-0.4, -0.2) is 12.1 Å². The number of nitrogens with two attached hydrogens (primary N) is 1. The van der Waals surface area contributed by atoms with Gasteiger partial charge in [-0.1, -0.05) is 19.1 Å². The van der Waals surface area contributed by atoms with Crippen molar-refractivity contribution in [3.05, 3.63) is 59.2 Å². The fraction of sp³-hybridized carbons (Fsp3) is 0.267. The number of nitrogens with one attached hydrogen (secondary N) is 1. The monoisotopic (exact) mass is 275 g/mol. The van der Waals surface area contributed by atoms with Crippen LogP contribution >= 0.6 is 0 Å². The molecule has 0 fully saturated rings. The molecule has 20 heavy (non-hydrogen) atoms. The molecule has 5 heteroatoms. The maximum atomic E-state index is 14.2. The standard InChI is InChI=1S/C15H18FN3O/c1-3-10-5-4-8-18-14(10)15(19-17)12-7-6-11(20-2)9-13(12)16/h4-9,15,19H,3,17H2,1-2H3. The molecule has 0 saturated carbocycles. The molecule has 1 aromatic heterocycles. The van der Waals surface area contributed by atoms with Crippen molar-refractivity contribution in [1.82, 2.24) is 10.4 Å². The van der Waals surface area contributed by atoms with Crippen molar-refractivity contribution in [2.45, 2.75) is 19.4 Å². The molecule has 1 unspecified atom stereocenters. The van der Waals surface area contributed by atoms with Crippen molar-refractivity contribution in [1.29, 1.82) is 0 Å². The number of hydrazine groups is 1. The number of hydrogen-bond donors (Lipinski definition) is 2. The number of ether oxygens (including phenoxy) is 1. The predicted octanol–water partition coefficient (Wildman–Crippen LogP) is 2.34. The number of nitrogens with zero attached hydrogens (tertiary/aromatic N) is 1. The molecule has 0 saturated heterocycles. The van der Waals surface area contributed by atoms with Crippen molar-refractivity contribution in [2.24, 2.45) is 5.84 Å². The Kier molecular flexibility index (Phi) is 4.65. The summed E-state index contributed by atoms with van der Waals surface area (Å²) in [6.45, 7) is 2.03. The molecule has 0 aliphatic heterocycles. The molecule has 0 spiro atoms. The quantitative estimate of drug-likeness (QED) is 0.649. The maximum Gasteiger partial charge on any atom is 0.132 e. The highest BCUT2D eigenvalue weighted by atomic mass is 19.1. The van der Waals surface area contributed by atoms with Gasteiger partial charge in [-0.15, -0.1) is 0 Å². The van der Waals surface area contributed by atoms with Gasteiger partial charge in [-0.05, 0) is 24.1 Å². The van der Waals surface area contributed by atoms with E-state index in [-0.39, 0.29) is 5.82 Å². The molecule has 1 atom stereocenters. The Hall–Kier alpha value is -1.98. The Balaban J connectivity index is 2.47. The molecule has 0 amide bonds. The van der Waals surface area contributed by atoms with Crippen LogP contribution in [0.4, 0.5) is 4.39 Å². The van der Waals surface area contributed by atoms with Gasteiger partial charge in [0, 0.05) is 17.8 Å². The van der Waals surface area contributed by atoms with Crippen LogP contribution in [0.1, 0.15) is 29.8 Å². The number of rotatable bonds is 5. The van der Waals surface area contributed by atoms with E-state index in [4.69, 9.17) is 10.6 Å². The third-order valence-electron chi connectivity index (χ3n) is 3.27. The van der Waals surface area contributed by atoms with E-state index in [9.17, 15) is 4.39 Å². The van der Waals surface area contributed by atoms with Crippen molar-refractivity contribution < 1.29 is 9.13 Å². The molecule has 2 rings (SSSR count). The average molecular weight is 275 g/mol. The van der Waals surface area contributed by atoms with E-state index in [0.29, 0.717) is 11.3 Å². The lowest BCUT2D eigenvalue weighted by atomic mass is 9.98. The predicted molar refractivity (Wildman–Crippen MR) is 75.7 cm³/mol. The van der Waals surface area contributed by atoms with Gasteiger partial charge in [-0.3, -0.25) is 10.8 Å². The molecule has 0 bridgehead atoms. The molecule has 0 radical (unpaired) electrons. The van der Waals surface area contributed by atoms with Gasteiger partial charge < -0.3 is 4.74 Å². The van der Waals surface area contributed by atoms with Crippen LogP contribution in [-0.2, 0) is 6.42 Å². The lowest BCUT2D eigenvalue weighted by Gasteiger charge is -2.19. The Labute approximate surface area is 117 Å². The lowest BCUT2D eigenvalue weighted by Crippen LogP contribution is -2.31. The highest BCUT2D eigenvalue weighted by molar-refractivity contribution is 5.37. The average Bonchev–Trinajstić information content (AvgIpc) is 2.50. The lowest BCUT2D eigenvalue weighted by molar-refractivity contribution is 0.410. The SMILES string of the molecule is CCc1cccnc1C(NN)c1ccc(OC)cc1F. The number of halogens is 1. The number of aryl methyl sites for hydroxylation is 1. The number of hydrogen-bond acceptors (Lipinski definition) is 4. The minimum absolute atomic E-state index is 0.375. The van der Waals surface area contributed by atoms with Gasteiger partial charge in [0.1, 0.15) is 11.6 Å². The molecule has 2 aromatic rings. The zero-order valence-corrected chi connectivity index (χ0v) is 11.6. The Morgan fingerprint density at radius 1 is 1.40 bits per heavy atom. The van der Waals surface area contributed by atoms with Gasteiger partial charge in [-0.25, -0.2) is 9.82 Å². The van der Waals surface area contributed by atoms with Gasteiger partial charge in [0.2, 0.25) is 0 Å². The number of aromatic nitrogens is 1. The summed E-state index contributed by atoms with van der Waals surface area (Å²) < 4.78 is 19.2. The van der Waals surface area contributed by atoms with E-state index in [1.54, 1.807) is 18.3 Å². The smallest absolute Gasteiger partial charge is 0.132 e. The van der Waals surface area contributed by atoms with E-state index in [1.807, 2.05) is 19.1 Å². The fourth-order valence-electron chi connectivity index (χ4n) is 2.19. The molecule has 1 aromatic carbocycles. The normalized spacial score (nSPS) is 12.2. The minimum Gasteiger partial charge on any atom is -0.497 e. The Morgan fingerprint density at radius 2 is 2.20 bits per heavy atom. The van der Waals surface area contributed by atoms with Gasteiger partial charge in [0.25, 0.3) is 0 Å². The van der Waals surface area contributed by atoms with Crippen LogP contribution in [0.15, 0.2) is 36.5 Å². The Morgan fingerprint density at radius 3 is 2.80 bits per heavy atom. The van der Waals surface area contributed by atoms with Crippen LogP contribution in [0.25, 0.3) is 0 Å². The topological polar surface area (TPSA) is 60.2 Å². The first-order chi connectivity index (χ1) is 9.71. The summed E-state index contributed by atoms with van der Waals surface area (Å²) in [4.78, 5) is 4.34. The van der Waals surface area contributed by atoms with Crippen molar-refractivity contribution in [3.63, 3.8) is 0 Å². The highest BCUT2D eigenvalue weighted by Gasteiger charge is 2.20.